The molecule has 22 heavy (non-hydrogen) atoms. The van der Waals surface area contributed by atoms with Crippen molar-refractivity contribution in [1.29, 1.82) is 0 Å². The molecule has 0 saturated carbocycles. The van der Waals surface area contributed by atoms with Crippen LogP contribution in [0.3, 0.4) is 0 Å². The Morgan fingerprint density at radius 2 is 1.82 bits per heavy atom. The summed E-state index contributed by atoms with van der Waals surface area (Å²) >= 11 is 0. The number of fused-ring (bicyclic) bond motifs is 1. The van der Waals surface area contributed by atoms with E-state index in [0.29, 0.717) is 5.78 Å². The highest BCUT2D eigenvalue weighted by Crippen LogP contribution is 2.25. The number of hydrogen-bond acceptors (Lipinski definition) is 3. The minimum Gasteiger partial charge on any atom is -0.284 e. The summed E-state index contributed by atoms with van der Waals surface area (Å²) in [5.74, 6) is 0.332. The Bertz CT molecular complexity index is 930. The van der Waals surface area contributed by atoms with Crippen LogP contribution in [0.15, 0.2) is 67.3 Å². The molecule has 4 rings (SSSR count). The molecule has 0 N–H and O–H groups in total. The van der Waals surface area contributed by atoms with Gasteiger partial charge in [0.2, 0.25) is 5.78 Å². The quantitative estimate of drug-likeness (QED) is 0.566. The summed E-state index contributed by atoms with van der Waals surface area (Å²) < 4.78 is 15.0. The summed E-state index contributed by atoms with van der Waals surface area (Å²) in [5, 5.41) is 0. The molecule has 1 aromatic carbocycles. The fourth-order valence-corrected chi connectivity index (χ4v) is 2.41. The number of hydrogen-bond donors (Lipinski definition) is 0. The zero-order chi connectivity index (χ0) is 14.9. The maximum Gasteiger partial charge on any atom is 0.234 e. The second-order valence-corrected chi connectivity index (χ2v) is 4.87. The number of imidazole rings is 1. The third kappa shape index (κ3) is 2.13. The van der Waals surface area contributed by atoms with Crippen molar-refractivity contribution >= 4 is 5.78 Å². The normalized spacial score (nSPS) is 11.0. The number of rotatable bonds is 2. The Kier molecular flexibility index (Phi) is 2.89. The third-order valence-electron chi connectivity index (χ3n) is 3.47. The van der Waals surface area contributed by atoms with Crippen molar-refractivity contribution in [3.63, 3.8) is 0 Å². The van der Waals surface area contributed by atoms with Crippen LogP contribution in [0.5, 0.6) is 0 Å². The van der Waals surface area contributed by atoms with E-state index in [2.05, 4.69) is 15.0 Å². The molecule has 0 spiro atoms. The van der Waals surface area contributed by atoms with E-state index in [1.54, 1.807) is 30.7 Å². The zero-order valence-corrected chi connectivity index (χ0v) is 11.5. The molecule has 3 heterocycles. The van der Waals surface area contributed by atoms with Crippen molar-refractivity contribution < 1.29 is 4.39 Å². The number of benzene rings is 1. The highest BCUT2D eigenvalue weighted by molar-refractivity contribution is 5.70. The minimum absolute atomic E-state index is 0.266. The molecule has 0 fully saturated rings. The van der Waals surface area contributed by atoms with Gasteiger partial charge in [-0.05, 0) is 42.5 Å². The van der Waals surface area contributed by atoms with Gasteiger partial charge in [0, 0.05) is 35.9 Å². The number of halogens is 1. The number of pyridine rings is 1. The van der Waals surface area contributed by atoms with Crippen molar-refractivity contribution in [2.24, 2.45) is 0 Å². The lowest BCUT2D eigenvalue weighted by atomic mass is 10.1. The standard InChI is InChI=1S/C17H11FN4/c18-14-5-3-12(4-6-14)15-10-16(13-2-1-7-19-11-13)22-9-8-20-17(22)21-15/h1-11H. The smallest absolute Gasteiger partial charge is 0.234 e. The Hall–Kier alpha value is -3.08. The van der Waals surface area contributed by atoms with Crippen molar-refractivity contribution in [3.8, 4) is 22.5 Å². The van der Waals surface area contributed by atoms with Crippen LogP contribution >= 0.6 is 0 Å². The molecule has 0 aliphatic carbocycles. The lowest BCUT2D eigenvalue weighted by Crippen LogP contribution is -1.97. The number of aromatic nitrogens is 4. The maximum absolute atomic E-state index is 13.1. The summed E-state index contributed by atoms with van der Waals surface area (Å²) in [6.07, 6.45) is 7.09. The molecule has 0 saturated heterocycles. The Morgan fingerprint density at radius 3 is 2.59 bits per heavy atom. The lowest BCUT2D eigenvalue weighted by Gasteiger charge is -2.08. The van der Waals surface area contributed by atoms with Gasteiger partial charge >= 0.3 is 0 Å². The van der Waals surface area contributed by atoms with Gasteiger partial charge in [-0.25, -0.2) is 14.4 Å². The molecule has 4 nitrogen and oxygen atoms in total. The summed E-state index contributed by atoms with van der Waals surface area (Å²) in [6, 6.07) is 12.1. The Balaban J connectivity index is 1.96. The van der Waals surface area contributed by atoms with Crippen molar-refractivity contribution in [2.75, 3.05) is 0 Å². The predicted molar refractivity (Wildman–Crippen MR) is 81.6 cm³/mol. The second-order valence-electron chi connectivity index (χ2n) is 4.87. The monoisotopic (exact) mass is 290 g/mol. The molecular weight excluding hydrogens is 279 g/mol. The summed E-state index contributed by atoms with van der Waals surface area (Å²) in [4.78, 5) is 13.0. The molecule has 0 radical (unpaired) electrons. The molecule has 0 unspecified atom stereocenters. The molecule has 0 atom stereocenters. The van der Waals surface area contributed by atoms with E-state index >= 15 is 0 Å². The molecule has 3 aromatic heterocycles. The van der Waals surface area contributed by atoms with E-state index in [1.807, 2.05) is 28.8 Å². The fourth-order valence-electron chi connectivity index (χ4n) is 2.41. The van der Waals surface area contributed by atoms with Crippen molar-refractivity contribution in [1.82, 2.24) is 19.4 Å². The van der Waals surface area contributed by atoms with Crippen LogP contribution in [0, 0.1) is 5.82 Å². The second kappa shape index (κ2) is 5.04. The van der Waals surface area contributed by atoms with E-state index in [-0.39, 0.29) is 5.82 Å². The van der Waals surface area contributed by atoms with E-state index in [4.69, 9.17) is 0 Å². The molecule has 5 heteroatoms. The van der Waals surface area contributed by atoms with Gasteiger partial charge in [0.25, 0.3) is 0 Å². The van der Waals surface area contributed by atoms with Crippen LogP contribution in [0.2, 0.25) is 0 Å². The molecule has 0 amide bonds. The van der Waals surface area contributed by atoms with Gasteiger partial charge in [-0.1, -0.05) is 0 Å². The van der Waals surface area contributed by atoms with Gasteiger partial charge in [0.1, 0.15) is 5.82 Å². The molecular formula is C17H11FN4. The largest absolute Gasteiger partial charge is 0.284 e. The summed E-state index contributed by atoms with van der Waals surface area (Å²) in [7, 11) is 0. The molecule has 0 aliphatic rings. The van der Waals surface area contributed by atoms with Crippen LogP contribution < -0.4 is 0 Å². The zero-order valence-electron chi connectivity index (χ0n) is 11.5. The molecule has 106 valence electrons. The van der Waals surface area contributed by atoms with Crippen LogP contribution in [0.25, 0.3) is 28.3 Å². The van der Waals surface area contributed by atoms with Crippen LogP contribution in [0.1, 0.15) is 0 Å². The lowest BCUT2D eigenvalue weighted by molar-refractivity contribution is 0.628. The van der Waals surface area contributed by atoms with Gasteiger partial charge in [0.05, 0.1) is 11.4 Å². The minimum atomic E-state index is -0.266. The maximum atomic E-state index is 13.1. The topological polar surface area (TPSA) is 43.1 Å². The molecule has 4 aromatic rings. The van der Waals surface area contributed by atoms with E-state index in [0.717, 1.165) is 22.5 Å². The first-order valence-corrected chi connectivity index (χ1v) is 6.82. The van der Waals surface area contributed by atoms with Gasteiger partial charge < -0.3 is 0 Å². The SMILES string of the molecule is Fc1ccc(-c2cc(-c3cccnc3)n3ccnc3n2)cc1. The average Bonchev–Trinajstić information content (AvgIpc) is 3.04. The predicted octanol–water partition coefficient (Wildman–Crippen LogP) is 3.60. The average molecular weight is 290 g/mol. The third-order valence-corrected chi connectivity index (χ3v) is 3.47. The first-order chi connectivity index (χ1) is 10.8. The van der Waals surface area contributed by atoms with Crippen molar-refractivity contribution in [2.45, 2.75) is 0 Å². The first kappa shape index (κ1) is 12.6. The van der Waals surface area contributed by atoms with Crippen LogP contribution in [-0.4, -0.2) is 19.4 Å². The summed E-state index contributed by atoms with van der Waals surface area (Å²) in [6.45, 7) is 0. The first-order valence-electron chi connectivity index (χ1n) is 6.82. The summed E-state index contributed by atoms with van der Waals surface area (Å²) in [5.41, 5.74) is 3.50. The van der Waals surface area contributed by atoms with Gasteiger partial charge in [-0.3, -0.25) is 9.38 Å². The molecule has 0 bridgehead atoms. The van der Waals surface area contributed by atoms with Crippen LogP contribution in [0.4, 0.5) is 4.39 Å². The highest BCUT2D eigenvalue weighted by atomic mass is 19.1. The Labute approximate surface area is 125 Å². The van der Waals surface area contributed by atoms with E-state index < -0.39 is 0 Å². The van der Waals surface area contributed by atoms with Gasteiger partial charge in [-0.2, -0.15) is 0 Å². The Morgan fingerprint density at radius 1 is 0.955 bits per heavy atom. The highest BCUT2D eigenvalue weighted by Gasteiger charge is 2.10. The molecule has 0 aliphatic heterocycles. The van der Waals surface area contributed by atoms with Gasteiger partial charge in [-0.15, -0.1) is 0 Å². The fraction of sp³-hybridized carbons (Fsp3) is 0. The van der Waals surface area contributed by atoms with Gasteiger partial charge in [0.15, 0.2) is 0 Å². The number of nitrogens with zero attached hydrogens (tertiary/aromatic N) is 4. The van der Waals surface area contributed by atoms with Crippen molar-refractivity contribution in [3.05, 3.63) is 73.1 Å². The van der Waals surface area contributed by atoms with Crippen LogP contribution in [-0.2, 0) is 0 Å². The van der Waals surface area contributed by atoms with E-state index in [1.165, 1.54) is 12.1 Å². The van der Waals surface area contributed by atoms with E-state index in [9.17, 15) is 4.39 Å².